The molecule has 60 valence electrons. The van der Waals surface area contributed by atoms with Crippen molar-refractivity contribution in [2.24, 2.45) is 0 Å². The number of carbonyl (C=O) groups excluding carboxylic acids is 1. The first-order valence-corrected chi connectivity index (χ1v) is 3.72. The van der Waals surface area contributed by atoms with E-state index in [1.807, 2.05) is 0 Å². The van der Waals surface area contributed by atoms with Gasteiger partial charge in [0.25, 0.3) is 0 Å². The summed E-state index contributed by atoms with van der Waals surface area (Å²) >= 11 is 8.25. The second-order valence-corrected chi connectivity index (χ2v) is 2.99. The van der Waals surface area contributed by atoms with Crippen LogP contribution in [0, 0.1) is 0 Å². The zero-order valence-corrected chi connectivity index (χ0v) is 7.88. The van der Waals surface area contributed by atoms with Gasteiger partial charge in [-0.15, -0.1) is 0 Å². The summed E-state index contributed by atoms with van der Waals surface area (Å²) in [5, 5.41) is -0.318. The minimum atomic E-state index is -0.852. The van der Waals surface area contributed by atoms with Gasteiger partial charge in [0, 0.05) is 10.1 Å². The van der Waals surface area contributed by atoms with E-state index < -0.39 is 5.83 Å². The topological polar surface area (TPSA) is 17.1 Å². The van der Waals surface area contributed by atoms with E-state index in [1.54, 1.807) is 0 Å². The lowest BCUT2D eigenvalue weighted by atomic mass is 10.2. The standard InChI is InChI=1S/C7H5BrClFO/c1-4(8)6(3-11)7(9)5(2)10/h3H,1-2H2/b7-6+. The number of allylic oxidation sites excluding steroid dienone is 4. The summed E-state index contributed by atoms with van der Waals surface area (Å²) in [5.74, 6) is -0.852. The number of hydrogen-bond donors (Lipinski definition) is 0. The molecular weight excluding hydrogens is 234 g/mol. The Labute approximate surface area is 77.4 Å². The van der Waals surface area contributed by atoms with Gasteiger partial charge >= 0.3 is 0 Å². The first-order chi connectivity index (χ1) is 5.00. The molecule has 0 aromatic carbocycles. The molecule has 0 bridgehead atoms. The number of aldehydes is 1. The summed E-state index contributed by atoms with van der Waals surface area (Å²) in [4.78, 5) is 10.3. The SMILES string of the molecule is C=C(F)/C(Cl)=C(/C=O)C(=C)Br. The quantitative estimate of drug-likeness (QED) is 0.420. The Morgan fingerprint density at radius 2 is 2.00 bits per heavy atom. The van der Waals surface area contributed by atoms with Crippen LogP contribution >= 0.6 is 27.5 Å². The lowest BCUT2D eigenvalue weighted by Crippen LogP contribution is -1.87. The highest BCUT2D eigenvalue weighted by atomic mass is 79.9. The van der Waals surface area contributed by atoms with Gasteiger partial charge in [-0.05, 0) is 0 Å². The fraction of sp³-hybridized carbons (Fsp3) is 0. The molecule has 0 aromatic rings. The van der Waals surface area contributed by atoms with Crippen LogP contribution in [0.25, 0.3) is 0 Å². The van der Waals surface area contributed by atoms with E-state index in [4.69, 9.17) is 11.6 Å². The van der Waals surface area contributed by atoms with Crippen molar-refractivity contribution in [2.75, 3.05) is 0 Å². The fourth-order valence-corrected chi connectivity index (χ4v) is 0.945. The van der Waals surface area contributed by atoms with Crippen LogP contribution in [-0.4, -0.2) is 6.29 Å². The lowest BCUT2D eigenvalue weighted by Gasteiger charge is -1.98. The molecule has 4 heteroatoms. The zero-order chi connectivity index (χ0) is 9.02. The molecule has 0 saturated carbocycles. The van der Waals surface area contributed by atoms with E-state index in [-0.39, 0.29) is 15.1 Å². The van der Waals surface area contributed by atoms with Gasteiger partial charge in [0.15, 0.2) is 6.29 Å². The van der Waals surface area contributed by atoms with E-state index in [0.29, 0.717) is 6.29 Å². The molecule has 0 heterocycles. The molecule has 0 fully saturated rings. The van der Waals surface area contributed by atoms with Crippen LogP contribution in [0.15, 0.2) is 34.1 Å². The Morgan fingerprint density at radius 1 is 1.55 bits per heavy atom. The molecule has 0 amide bonds. The number of hydrogen-bond acceptors (Lipinski definition) is 1. The molecule has 0 aliphatic carbocycles. The molecule has 11 heavy (non-hydrogen) atoms. The van der Waals surface area contributed by atoms with Crippen molar-refractivity contribution in [1.29, 1.82) is 0 Å². The molecule has 0 rings (SSSR count). The molecule has 0 saturated heterocycles. The summed E-state index contributed by atoms with van der Waals surface area (Å²) in [6.45, 7) is 6.29. The zero-order valence-electron chi connectivity index (χ0n) is 5.53. The third-order valence-electron chi connectivity index (χ3n) is 0.885. The van der Waals surface area contributed by atoms with Crippen molar-refractivity contribution in [3.63, 3.8) is 0 Å². The van der Waals surface area contributed by atoms with Gasteiger partial charge in [0.05, 0.1) is 5.03 Å². The van der Waals surface area contributed by atoms with Crippen molar-refractivity contribution < 1.29 is 9.18 Å². The first kappa shape index (κ1) is 10.6. The van der Waals surface area contributed by atoms with Gasteiger partial charge < -0.3 is 0 Å². The second-order valence-electron chi connectivity index (χ2n) is 1.66. The smallest absolute Gasteiger partial charge is 0.152 e. The van der Waals surface area contributed by atoms with Crippen LogP contribution < -0.4 is 0 Å². The lowest BCUT2D eigenvalue weighted by molar-refractivity contribution is -0.104. The third-order valence-corrected chi connectivity index (χ3v) is 1.72. The average Bonchev–Trinajstić information content (AvgIpc) is 1.88. The van der Waals surface area contributed by atoms with Crippen molar-refractivity contribution in [3.8, 4) is 0 Å². The molecule has 0 unspecified atom stereocenters. The number of carbonyl (C=O) groups is 1. The first-order valence-electron chi connectivity index (χ1n) is 2.55. The van der Waals surface area contributed by atoms with Gasteiger partial charge in [-0.25, -0.2) is 4.39 Å². The highest BCUT2D eigenvalue weighted by Crippen LogP contribution is 2.24. The fourth-order valence-electron chi connectivity index (χ4n) is 0.381. The third kappa shape index (κ3) is 2.99. The minimum absolute atomic E-state index is 0.0285. The monoisotopic (exact) mass is 238 g/mol. The Kier molecular flexibility index (Phi) is 4.30. The highest BCUT2D eigenvalue weighted by molar-refractivity contribution is 9.12. The Bertz CT molecular complexity index is 245. The summed E-state index contributed by atoms with van der Waals surface area (Å²) < 4.78 is 12.5. The van der Waals surface area contributed by atoms with Crippen molar-refractivity contribution in [1.82, 2.24) is 0 Å². The maximum absolute atomic E-state index is 12.3. The number of halogens is 3. The van der Waals surface area contributed by atoms with Crippen LogP contribution in [0.2, 0.25) is 0 Å². The van der Waals surface area contributed by atoms with Gasteiger partial charge in [-0.1, -0.05) is 40.7 Å². The Morgan fingerprint density at radius 3 is 2.09 bits per heavy atom. The predicted octanol–water partition coefficient (Wildman–Crippen LogP) is 3.07. The van der Waals surface area contributed by atoms with Gasteiger partial charge in [0.2, 0.25) is 0 Å². The van der Waals surface area contributed by atoms with Crippen LogP contribution in [0.3, 0.4) is 0 Å². The molecular formula is C7H5BrClFO. The predicted molar refractivity (Wildman–Crippen MR) is 47.3 cm³/mol. The Balaban J connectivity index is 4.99. The molecule has 0 atom stereocenters. The second kappa shape index (κ2) is 4.46. The largest absolute Gasteiger partial charge is 0.298 e. The molecule has 0 N–H and O–H groups in total. The molecule has 0 spiro atoms. The van der Waals surface area contributed by atoms with Gasteiger partial charge in [-0.2, -0.15) is 0 Å². The summed E-state index contributed by atoms with van der Waals surface area (Å²) in [7, 11) is 0. The van der Waals surface area contributed by atoms with E-state index in [9.17, 15) is 9.18 Å². The molecule has 0 aliphatic rings. The van der Waals surface area contributed by atoms with Crippen molar-refractivity contribution in [2.45, 2.75) is 0 Å². The highest BCUT2D eigenvalue weighted by Gasteiger charge is 2.08. The summed E-state index contributed by atoms with van der Waals surface area (Å²) in [6, 6.07) is 0. The van der Waals surface area contributed by atoms with E-state index in [0.717, 1.165) is 0 Å². The van der Waals surface area contributed by atoms with E-state index in [2.05, 4.69) is 29.1 Å². The Hall–Kier alpha value is -0.410. The normalized spacial score (nSPS) is 11.9. The van der Waals surface area contributed by atoms with E-state index >= 15 is 0 Å². The van der Waals surface area contributed by atoms with Crippen LogP contribution in [0.5, 0.6) is 0 Å². The van der Waals surface area contributed by atoms with Gasteiger partial charge in [0.1, 0.15) is 5.83 Å². The molecule has 0 aliphatic heterocycles. The molecule has 1 nitrogen and oxygen atoms in total. The van der Waals surface area contributed by atoms with E-state index in [1.165, 1.54) is 0 Å². The maximum Gasteiger partial charge on any atom is 0.152 e. The van der Waals surface area contributed by atoms with Gasteiger partial charge in [-0.3, -0.25) is 4.79 Å². The summed E-state index contributed by atoms with van der Waals surface area (Å²) in [6.07, 6.45) is 0.407. The van der Waals surface area contributed by atoms with Crippen molar-refractivity contribution >= 4 is 33.8 Å². The average molecular weight is 239 g/mol. The van der Waals surface area contributed by atoms with Crippen LogP contribution in [0.4, 0.5) is 4.39 Å². The minimum Gasteiger partial charge on any atom is -0.298 e. The molecule has 0 radical (unpaired) electrons. The van der Waals surface area contributed by atoms with Crippen LogP contribution in [-0.2, 0) is 4.79 Å². The van der Waals surface area contributed by atoms with Crippen molar-refractivity contribution in [3.05, 3.63) is 34.1 Å². The number of rotatable bonds is 3. The summed E-state index contributed by atoms with van der Waals surface area (Å²) in [5.41, 5.74) is -0.0285. The maximum atomic E-state index is 12.3. The van der Waals surface area contributed by atoms with Crippen LogP contribution in [0.1, 0.15) is 0 Å². The molecule has 0 aromatic heterocycles.